The second kappa shape index (κ2) is 13.6. The van der Waals surface area contributed by atoms with Crippen LogP contribution < -0.4 is 23.7 Å². The van der Waals surface area contributed by atoms with Crippen molar-refractivity contribution in [1.82, 2.24) is 4.72 Å². The first-order chi connectivity index (χ1) is 20.6. The highest BCUT2D eigenvalue weighted by atomic mass is 32.2. The summed E-state index contributed by atoms with van der Waals surface area (Å²) in [5.74, 6) is -1.34. The van der Waals surface area contributed by atoms with Gasteiger partial charge < -0.3 is 24.1 Å². The van der Waals surface area contributed by atoms with E-state index in [1.807, 2.05) is 0 Å². The highest BCUT2D eigenvalue weighted by molar-refractivity contribution is 7.89. The summed E-state index contributed by atoms with van der Waals surface area (Å²) in [6.45, 7) is 12.0. The van der Waals surface area contributed by atoms with Gasteiger partial charge in [-0.2, -0.15) is 0 Å². The van der Waals surface area contributed by atoms with Crippen molar-refractivity contribution in [2.75, 3.05) is 20.8 Å². The third-order valence-corrected chi connectivity index (χ3v) is 9.28. The van der Waals surface area contributed by atoms with Gasteiger partial charge in [-0.1, -0.05) is 0 Å². The van der Waals surface area contributed by atoms with Crippen LogP contribution in [0.5, 0.6) is 23.0 Å². The summed E-state index contributed by atoms with van der Waals surface area (Å²) in [5, 5.41) is 9.71. The summed E-state index contributed by atoms with van der Waals surface area (Å²) >= 11 is 0. The van der Waals surface area contributed by atoms with Crippen molar-refractivity contribution in [1.29, 1.82) is 0 Å². The number of sulfonamides is 1. The molecule has 0 spiro atoms. The fraction of sp³-hybridized carbons (Fsp3) is 0.375. The SMILES string of the molecule is COc1c(C)c(OC(=O)c2c(C)c(C)c(OCCC(C)NS(=O)(=O)c3ccc(F)cc3)c(C)c2OC)c(C)c(C)c1C(=O)O. The van der Waals surface area contributed by atoms with Crippen LogP contribution in [0.25, 0.3) is 0 Å². The minimum atomic E-state index is -3.85. The van der Waals surface area contributed by atoms with Crippen LogP contribution in [0.2, 0.25) is 0 Å². The van der Waals surface area contributed by atoms with Crippen LogP contribution in [0.1, 0.15) is 67.4 Å². The van der Waals surface area contributed by atoms with E-state index in [4.69, 9.17) is 18.9 Å². The fourth-order valence-electron chi connectivity index (χ4n) is 5.07. The molecule has 3 aromatic carbocycles. The van der Waals surface area contributed by atoms with Crippen LogP contribution in [-0.4, -0.2) is 52.3 Å². The fourth-order valence-corrected chi connectivity index (χ4v) is 6.35. The molecule has 0 saturated heterocycles. The number of hydrogen-bond acceptors (Lipinski definition) is 8. The summed E-state index contributed by atoms with van der Waals surface area (Å²) in [7, 11) is -1.06. The molecule has 3 rings (SSSR count). The topological polar surface area (TPSA) is 137 Å². The molecule has 0 fully saturated rings. The number of aromatic carboxylic acids is 1. The van der Waals surface area contributed by atoms with Crippen LogP contribution in [0.15, 0.2) is 29.2 Å². The summed E-state index contributed by atoms with van der Waals surface area (Å²) in [4.78, 5) is 25.5. The number of ether oxygens (including phenoxy) is 4. The molecule has 0 heterocycles. The van der Waals surface area contributed by atoms with Crippen molar-refractivity contribution in [3.8, 4) is 23.0 Å². The molecular weight excluding hydrogens is 593 g/mol. The van der Waals surface area contributed by atoms with Crippen LogP contribution in [0.4, 0.5) is 4.39 Å². The lowest BCUT2D eigenvalue weighted by Gasteiger charge is -2.23. The Morgan fingerprint density at radius 2 is 1.30 bits per heavy atom. The lowest BCUT2D eigenvalue weighted by molar-refractivity contribution is 0.0692. The van der Waals surface area contributed by atoms with E-state index < -0.39 is 33.8 Å². The molecule has 1 unspecified atom stereocenters. The first-order valence-electron chi connectivity index (χ1n) is 13.8. The molecule has 0 aliphatic heterocycles. The van der Waals surface area contributed by atoms with Crippen LogP contribution in [0.3, 0.4) is 0 Å². The third-order valence-electron chi connectivity index (χ3n) is 7.67. The summed E-state index contributed by atoms with van der Waals surface area (Å²) < 4.78 is 64.0. The van der Waals surface area contributed by atoms with Gasteiger partial charge in [0.2, 0.25) is 10.0 Å². The molecule has 0 radical (unpaired) electrons. The summed E-state index contributed by atoms with van der Waals surface area (Å²) in [6.07, 6.45) is 0.316. The molecule has 10 nitrogen and oxygen atoms in total. The number of methoxy groups -OCH3 is 2. The van der Waals surface area contributed by atoms with E-state index in [9.17, 15) is 27.5 Å². The molecule has 3 aromatic rings. The van der Waals surface area contributed by atoms with E-state index in [0.29, 0.717) is 45.6 Å². The van der Waals surface area contributed by atoms with Gasteiger partial charge in [-0.05, 0) is 101 Å². The Labute approximate surface area is 257 Å². The molecular formula is C32H38FNO9S. The Bertz CT molecular complexity index is 1700. The van der Waals surface area contributed by atoms with E-state index in [0.717, 1.165) is 12.1 Å². The zero-order chi connectivity index (χ0) is 33.1. The molecule has 0 amide bonds. The van der Waals surface area contributed by atoms with Crippen molar-refractivity contribution in [3.63, 3.8) is 0 Å². The van der Waals surface area contributed by atoms with E-state index in [2.05, 4.69) is 4.72 Å². The molecule has 238 valence electrons. The van der Waals surface area contributed by atoms with Crippen molar-refractivity contribution < 1.29 is 46.5 Å². The van der Waals surface area contributed by atoms with Gasteiger partial charge >= 0.3 is 11.9 Å². The zero-order valence-corrected chi connectivity index (χ0v) is 27.1. The molecule has 44 heavy (non-hydrogen) atoms. The third kappa shape index (κ3) is 6.81. The number of benzene rings is 3. The van der Waals surface area contributed by atoms with Gasteiger partial charge in [0.1, 0.15) is 39.9 Å². The Kier molecular flexibility index (Phi) is 10.6. The zero-order valence-electron chi connectivity index (χ0n) is 26.3. The molecule has 0 aliphatic carbocycles. The number of nitrogens with one attached hydrogen (secondary N) is 1. The van der Waals surface area contributed by atoms with Crippen molar-refractivity contribution in [2.45, 2.75) is 65.8 Å². The van der Waals surface area contributed by atoms with E-state index >= 15 is 0 Å². The van der Waals surface area contributed by atoms with E-state index in [1.165, 1.54) is 26.4 Å². The molecule has 0 bridgehead atoms. The van der Waals surface area contributed by atoms with Crippen molar-refractivity contribution in [3.05, 3.63) is 74.6 Å². The number of hydrogen-bond donors (Lipinski definition) is 2. The molecule has 12 heteroatoms. The average Bonchev–Trinajstić information content (AvgIpc) is 2.96. The number of carbonyl (C=O) groups is 2. The maximum Gasteiger partial charge on any atom is 0.347 e. The number of halogens is 1. The van der Waals surface area contributed by atoms with Gasteiger partial charge in [0, 0.05) is 17.2 Å². The first-order valence-corrected chi connectivity index (χ1v) is 15.3. The first kappa shape index (κ1) is 34.3. The van der Waals surface area contributed by atoms with Crippen molar-refractivity contribution in [2.24, 2.45) is 0 Å². The van der Waals surface area contributed by atoms with Crippen LogP contribution in [0, 0.1) is 47.4 Å². The van der Waals surface area contributed by atoms with Gasteiger partial charge in [-0.3, -0.25) is 0 Å². The summed E-state index contributed by atoms with van der Waals surface area (Å²) in [5.41, 5.74) is 3.23. The standard InChI is InChI=1S/C32H38FNO9S/c1-16(34-44(38,39)24-12-10-23(33)11-13-24)14-15-42-27-19(4)18(3)26(30(41-9)21(27)6)32(37)43-28-20(5)17(2)25(31(35)36)29(40-8)22(28)7/h10-13,16,34H,14-15H2,1-9H3,(H,35,36). The second-order valence-corrected chi connectivity index (χ2v) is 12.2. The van der Waals surface area contributed by atoms with Gasteiger partial charge in [0.15, 0.2) is 0 Å². The molecule has 2 N–H and O–H groups in total. The van der Waals surface area contributed by atoms with E-state index in [1.54, 1.807) is 48.5 Å². The van der Waals surface area contributed by atoms with Gasteiger partial charge in [0.25, 0.3) is 0 Å². The monoisotopic (exact) mass is 631 g/mol. The Morgan fingerprint density at radius 3 is 1.84 bits per heavy atom. The maximum atomic E-state index is 13.7. The second-order valence-electron chi connectivity index (χ2n) is 10.5. The molecule has 0 aromatic heterocycles. The smallest absolute Gasteiger partial charge is 0.347 e. The molecule has 1 atom stereocenters. The Hall–Kier alpha value is -4.16. The van der Waals surface area contributed by atoms with E-state index in [-0.39, 0.29) is 39.9 Å². The maximum absolute atomic E-state index is 13.7. The lowest BCUT2D eigenvalue weighted by atomic mass is 9.95. The van der Waals surface area contributed by atoms with Crippen LogP contribution >= 0.6 is 0 Å². The largest absolute Gasteiger partial charge is 0.495 e. The quantitative estimate of drug-likeness (QED) is 0.189. The Morgan fingerprint density at radius 1 is 0.795 bits per heavy atom. The number of esters is 1. The predicted octanol–water partition coefficient (Wildman–Crippen LogP) is 5.75. The number of carboxylic acid groups (broad SMARTS) is 1. The van der Waals surface area contributed by atoms with Gasteiger partial charge in [-0.15, -0.1) is 0 Å². The molecule has 0 saturated carbocycles. The minimum Gasteiger partial charge on any atom is -0.495 e. The Balaban J connectivity index is 1.86. The number of rotatable bonds is 12. The van der Waals surface area contributed by atoms with Gasteiger partial charge in [0.05, 0.1) is 25.7 Å². The molecule has 0 aliphatic rings. The van der Waals surface area contributed by atoms with Crippen molar-refractivity contribution >= 4 is 22.0 Å². The average molecular weight is 632 g/mol. The minimum absolute atomic E-state index is 0.00169. The highest BCUT2D eigenvalue weighted by Crippen LogP contribution is 2.41. The van der Waals surface area contributed by atoms with Gasteiger partial charge in [-0.25, -0.2) is 27.1 Å². The number of carboxylic acids is 1. The van der Waals surface area contributed by atoms with Crippen LogP contribution in [-0.2, 0) is 10.0 Å². The number of carbonyl (C=O) groups excluding carboxylic acids is 1. The highest BCUT2D eigenvalue weighted by Gasteiger charge is 2.29. The predicted molar refractivity (Wildman–Crippen MR) is 163 cm³/mol. The summed E-state index contributed by atoms with van der Waals surface area (Å²) in [6, 6.07) is 4.06. The lowest BCUT2D eigenvalue weighted by Crippen LogP contribution is -2.33. The normalized spacial score (nSPS) is 12.0.